The van der Waals surface area contributed by atoms with Crippen molar-refractivity contribution in [1.29, 1.82) is 0 Å². The summed E-state index contributed by atoms with van der Waals surface area (Å²) < 4.78 is 0. The lowest BCUT2D eigenvalue weighted by atomic mass is 10.1. The molecular formula is C14H23N3. The molecule has 17 heavy (non-hydrogen) atoms. The molecule has 1 fully saturated rings. The van der Waals surface area contributed by atoms with Crippen molar-refractivity contribution in [2.24, 2.45) is 0 Å². The first-order valence-corrected chi connectivity index (χ1v) is 6.48. The highest BCUT2D eigenvalue weighted by atomic mass is 15.3. The Morgan fingerprint density at radius 3 is 2.53 bits per heavy atom. The third-order valence-corrected chi connectivity index (χ3v) is 3.42. The third kappa shape index (κ3) is 3.19. The summed E-state index contributed by atoms with van der Waals surface area (Å²) in [6.45, 7) is 11.4. The van der Waals surface area contributed by atoms with E-state index in [1.807, 2.05) is 12.3 Å². The second-order valence-electron chi connectivity index (χ2n) is 5.69. The van der Waals surface area contributed by atoms with Crippen molar-refractivity contribution in [3.63, 3.8) is 0 Å². The lowest BCUT2D eigenvalue weighted by Crippen LogP contribution is -2.43. The Balaban J connectivity index is 2.01. The van der Waals surface area contributed by atoms with Gasteiger partial charge in [-0.2, -0.15) is 0 Å². The summed E-state index contributed by atoms with van der Waals surface area (Å²) in [5, 5.41) is 0. The molecule has 0 saturated carbocycles. The molecule has 0 spiro atoms. The van der Waals surface area contributed by atoms with Crippen molar-refractivity contribution in [3.8, 4) is 0 Å². The zero-order chi connectivity index (χ0) is 12.3. The fourth-order valence-corrected chi connectivity index (χ4v) is 2.36. The fourth-order valence-electron chi connectivity index (χ4n) is 2.36. The summed E-state index contributed by atoms with van der Waals surface area (Å²) in [5.74, 6) is 1.11. The molecule has 1 aliphatic heterocycles. The van der Waals surface area contributed by atoms with E-state index in [0.717, 1.165) is 25.5 Å². The molecule has 0 unspecified atom stereocenters. The van der Waals surface area contributed by atoms with Gasteiger partial charge in [0.1, 0.15) is 5.82 Å². The predicted molar refractivity (Wildman–Crippen MR) is 72.4 cm³/mol. The molecule has 0 amide bonds. The van der Waals surface area contributed by atoms with E-state index in [4.69, 9.17) is 0 Å². The van der Waals surface area contributed by atoms with Crippen molar-refractivity contribution in [2.45, 2.75) is 32.7 Å². The van der Waals surface area contributed by atoms with Crippen molar-refractivity contribution < 1.29 is 0 Å². The van der Waals surface area contributed by atoms with E-state index in [0.29, 0.717) is 0 Å². The Morgan fingerprint density at radius 1 is 1.06 bits per heavy atom. The number of pyridine rings is 1. The molecule has 0 bridgehead atoms. The quantitative estimate of drug-likeness (QED) is 0.742. The first-order chi connectivity index (χ1) is 8.07. The van der Waals surface area contributed by atoms with Crippen molar-refractivity contribution in [1.82, 2.24) is 9.88 Å². The van der Waals surface area contributed by atoms with E-state index in [1.165, 1.54) is 13.0 Å². The molecule has 0 radical (unpaired) electrons. The number of anilines is 1. The summed E-state index contributed by atoms with van der Waals surface area (Å²) >= 11 is 0. The average molecular weight is 233 g/mol. The van der Waals surface area contributed by atoms with E-state index >= 15 is 0 Å². The van der Waals surface area contributed by atoms with Crippen molar-refractivity contribution in [3.05, 3.63) is 24.4 Å². The van der Waals surface area contributed by atoms with Gasteiger partial charge in [0.25, 0.3) is 0 Å². The first kappa shape index (κ1) is 12.4. The molecule has 0 atom stereocenters. The number of hydrogen-bond acceptors (Lipinski definition) is 3. The Bertz CT molecular complexity index is 342. The molecule has 2 rings (SSSR count). The summed E-state index contributed by atoms with van der Waals surface area (Å²) in [4.78, 5) is 9.40. The summed E-state index contributed by atoms with van der Waals surface area (Å²) in [6, 6.07) is 6.14. The van der Waals surface area contributed by atoms with Gasteiger partial charge >= 0.3 is 0 Å². The molecule has 1 aromatic rings. The molecular weight excluding hydrogens is 210 g/mol. The normalized spacial score (nSPS) is 19.1. The highest BCUT2D eigenvalue weighted by Crippen LogP contribution is 2.18. The van der Waals surface area contributed by atoms with Crippen LogP contribution in [-0.2, 0) is 0 Å². The number of nitrogens with zero attached hydrogens (tertiary/aromatic N) is 3. The Labute approximate surface area is 104 Å². The van der Waals surface area contributed by atoms with Gasteiger partial charge in [-0.1, -0.05) is 6.07 Å². The van der Waals surface area contributed by atoms with Crippen LogP contribution in [0.5, 0.6) is 0 Å². The van der Waals surface area contributed by atoms with Crippen LogP contribution in [-0.4, -0.2) is 41.6 Å². The third-order valence-electron chi connectivity index (χ3n) is 3.42. The highest BCUT2D eigenvalue weighted by Gasteiger charge is 2.24. The molecule has 94 valence electrons. The Kier molecular flexibility index (Phi) is 3.67. The summed E-state index contributed by atoms with van der Waals surface area (Å²) in [6.07, 6.45) is 3.09. The summed E-state index contributed by atoms with van der Waals surface area (Å²) in [5.41, 5.74) is 0.278. The topological polar surface area (TPSA) is 19.4 Å². The van der Waals surface area contributed by atoms with Crippen LogP contribution in [0.1, 0.15) is 27.2 Å². The maximum absolute atomic E-state index is 4.44. The molecule has 2 heterocycles. The lowest BCUT2D eigenvalue weighted by Gasteiger charge is -2.34. The van der Waals surface area contributed by atoms with Crippen LogP contribution in [0, 0.1) is 0 Å². The number of rotatable bonds is 1. The van der Waals surface area contributed by atoms with Gasteiger partial charge in [0.05, 0.1) is 0 Å². The molecule has 1 aromatic heterocycles. The minimum Gasteiger partial charge on any atom is -0.355 e. The van der Waals surface area contributed by atoms with Crippen LogP contribution < -0.4 is 4.90 Å². The number of hydrogen-bond donors (Lipinski definition) is 0. The van der Waals surface area contributed by atoms with Crippen molar-refractivity contribution >= 4 is 5.82 Å². The minimum atomic E-state index is 0.278. The molecule has 0 aliphatic carbocycles. The zero-order valence-corrected chi connectivity index (χ0v) is 11.2. The van der Waals surface area contributed by atoms with Crippen molar-refractivity contribution in [2.75, 3.05) is 31.1 Å². The van der Waals surface area contributed by atoms with E-state index in [9.17, 15) is 0 Å². The van der Waals surface area contributed by atoms with Gasteiger partial charge in [0, 0.05) is 37.9 Å². The fraction of sp³-hybridized carbons (Fsp3) is 0.643. The van der Waals surface area contributed by atoms with E-state index in [1.54, 1.807) is 0 Å². The maximum Gasteiger partial charge on any atom is 0.128 e. The molecule has 0 N–H and O–H groups in total. The highest BCUT2D eigenvalue weighted by molar-refractivity contribution is 5.37. The van der Waals surface area contributed by atoms with Gasteiger partial charge in [-0.15, -0.1) is 0 Å². The predicted octanol–water partition coefficient (Wildman–Crippen LogP) is 2.39. The van der Waals surface area contributed by atoms with Crippen LogP contribution in [0.25, 0.3) is 0 Å². The first-order valence-electron chi connectivity index (χ1n) is 6.48. The maximum atomic E-state index is 4.44. The Morgan fingerprint density at radius 2 is 1.88 bits per heavy atom. The van der Waals surface area contributed by atoms with Crippen LogP contribution >= 0.6 is 0 Å². The van der Waals surface area contributed by atoms with Gasteiger partial charge in [0.15, 0.2) is 0 Å². The minimum absolute atomic E-state index is 0.278. The Hall–Kier alpha value is -1.09. The van der Waals surface area contributed by atoms with Gasteiger partial charge < -0.3 is 4.90 Å². The smallest absolute Gasteiger partial charge is 0.128 e. The summed E-state index contributed by atoms with van der Waals surface area (Å²) in [7, 11) is 0. The van der Waals surface area contributed by atoms with Crippen LogP contribution in [0.3, 0.4) is 0 Å². The van der Waals surface area contributed by atoms with Crippen LogP contribution in [0.2, 0.25) is 0 Å². The lowest BCUT2D eigenvalue weighted by molar-refractivity contribution is 0.148. The van der Waals surface area contributed by atoms with Gasteiger partial charge in [-0.25, -0.2) is 4.98 Å². The van der Waals surface area contributed by atoms with Crippen LogP contribution in [0.15, 0.2) is 24.4 Å². The van der Waals surface area contributed by atoms with E-state index in [2.05, 4.69) is 47.7 Å². The SMILES string of the molecule is CC(C)(C)N1CCCN(c2ccccn2)CC1. The molecule has 0 aromatic carbocycles. The van der Waals surface area contributed by atoms with Gasteiger partial charge in [0.2, 0.25) is 0 Å². The molecule has 1 saturated heterocycles. The van der Waals surface area contributed by atoms with E-state index in [-0.39, 0.29) is 5.54 Å². The van der Waals surface area contributed by atoms with Gasteiger partial charge in [-0.3, -0.25) is 4.90 Å². The van der Waals surface area contributed by atoms with Crippen LogP contribution in [0.4, 0.5) is 5.82 Å². The largest absolute Gasteiger partial charge is 0.355 e. The molecule has 1 aliphatic rings. The monoisotopic (exact) mass is 233 g/mol. The second-order valence-corrected chi connectivity index (χ2v) is 5.69. The zero-order valence-electron chi connectivity index (χ0n) is 11.2. The van der Waals surface area contributed by atoms with E-state index < -0.39 is 0 Å². The average Bonchev–Trinajstić information content (AvgIpc) is 2.55. The number of aromatic nitrogens is 1. The van der Waals surface area contributed by atoms with Gasteiger partial charge in [-0.05, 0) is 39.3 Å². The standard InChI is InChI=1S/C14H23N3/c1-14(2,3)17-10-6-9-16(11-12-17)13-7-4-5-8-15-13/h4-5,7-8H,6,9-12H2,1-3H3. The molecule has 3 nitrogen and oxygen atoms in total. The molecule has 3 heteroatoms. The second kappa shape index (κ2) is 5.05.